The molecule has 0 aromatic carbocycles. The Morgan fingerprint density at radius 1 is 1.39 bits per heavy atom. The molecule has 7 heteroatoms. The normalized spacial score (nSPS) is 26.2. The molecular formula is C16H21ClFN3O2. The molecule has 0 unspecified atom stereocenters. The summed E-state index contributed by atoms with van der Waals surface area (Å²) in [7, 11) is 1.40. The molecule has 0 amide bonds. The van der Waals surface area contributed by atoms with Crippen LogP contribution in [0.5, 0.6) is 0 Å². The molecule has 2 atom stereocenters. The number of aromatic nitrogens is 2. The maximum absolute atomic E-state index is 14.0. The third kappa shape index (κ3) is 3.13. The number of ether oxygens (including phenoxy) is 1. The summed E-state index contributed by atoms with van der Waals surface area (Å²) in [5.74, 6) is -1.03. The van der Waals surface area contributed by atoms with E-state index in [2.05, 4.69) is 15.3 Å². The van der Waals surface area contributed by atoms with Crippen LogP contribution in [0.1, 0.15) is 44.9 Å². The molecule has 0 radical (unpaired) electrons. The average molecular weight is 342 g/mol. The number of nitrogens with zero attached hydrogens (tertiary/aromatic N) is 2. The molecule has 3 rings (SSSR count). The minimum Gasteiger partial charge on any atom is -0.469 e. The lowest BCUT2D eigenvalue weighted by Crippen LogP contribution is -2.50. The number of halogens is 2. The van der Waals surface area contributed by atoms with Crippen molar-refractivity contribution in [1.29, 1.82) is 0 Å². The van der Waals surface area contributed by atoms with E-state index in [9.17, 15) is 9.18 Å². The first-order chi connectivity index (χ1) is 11.1. The van der Waals surface area contributed by atoms with Gasteiger partial charge in [0.15, 0.2) is 11.6 Å². The van der Waals surface area contributed by atoms with Gasteiger partial charge in [0.25, 0.3) is 0 Å². The van der Waals surface area contributed by atoms with Crippen LogP contribution in [0.4, 0.5) is 10.2 Å². The first kappa shape index (κ1) is 16.4. The van der Waals surface area contributed by atoms with Crippen molar-refractivity contribution >= 4 is 23.4 Å². The fraction of sp³-hybridized carbons (Fsp3) is 0.688. The third-order valence-electron chi connectivity index (χ3n) is 5.36. The van der Waals surface area contributed by atoms with Crippen LogP contribution in [0.25, 0.3) is 0 Å². The summed E-state index contributed by atoms with van der Waals surface area (Å²) in [6, 6.07) is -0.188. The van der Waals surface area contributed by atoms with Crippen molar-refractivity contribution in [1.82, 2.24) is 9.97 Å². The van der Waals surface area contributed by atoms with Crippen LogP contribution in [-0.2, 0) is 9.53 Å². The molecule has 23 heavy (non-hydrogen) atoms. The highest BCUT2D eigenvalue weighted by Gasteiger charge is 2.50. The Kier molecular flexibility index (Phi) is 4.71. The minimum absolute atomic E-state index is 0.000965. The van der Waals surface area contributed by atoms with Crippen LogP contribution in [0, 0.1) is 17.2 Å². The molecule has 2 aliphatic carbocycles. The van der Waals surface area contributed by atoms with Gasteiger partial charge in [-0.15, -0.1) is 0 Å². The second-order valence-corrected chi connectivity index (χ2v) is 6.89. The first-order valence-electron chi connectivity index (χ1n) is 8.08. The van der Waals surface area contributed by atoms with Gasteiger partial charge in [-0.25, -0.2) is 9.37 Å². The van der Waals surface area contributed by atoms with E-state index >= 15 is 0 Å². The Labute approximate surface area is 140 Å². The number of methoxy groups -OCH3 is 1. The van der Waals surface area contributed by atoms with Crippen LogP contribution in [0.3, 0.4) is 0 Å². The number of nitrogens with one attached hydrogen (secondary N) is 1. The number of carbonyl (C=O) groups is 1. The topological polar surface area (TPSA) is 64.1 Å². The summed E-state index contributed by atoms with van der Waals surface area (Å²) in [6.07, 6.45) is 8.18. The predicted octanol–water partition coefficient (Wildman–Crippen LogP) is 3.58. The van der Waals surface area contributed by atoms with E-state index in [1.54, 1.807) is 0 Å². The zero-order valence-electron chi connectivity index (χ0n) is 13.1. The maximum Gasteiger partial charge on any atom is 0.310 e. The molecule has 0 bridgehead atoms. The van der Waals surface area contributed by atoms with E-state index in [0.29, 0.717) is 0 Å². The number of carbonyl (C=O) groups excluding carboxylic acids is 1. The van der Waals surface area contributed by atoms with Crippen LogP contribution in [-0.4, -0.2) is 29.1 Å². The van der Waals surface area contributed by atoms with E-state index in [1.165, 1.54) is 7.11 Å². The quantitative estimate of drug-likeness (QED) is 0.672. The zero-order chi connectivity index (χ0) is 16.4. The van der Waals surface area contributed by atoms with E-state index in [-0.39, 0.29) is 34.4 Å². The fourth-order valence-electron chi connectivity index (χ4n) is 4.32. The van der Waals surface area contributed by atoms with Crippen molar-refractivity contribution in [2.24, 2.45) is 11.3 Å². The third-order valence-corrected chi connectivity index (χ3v) is 5.54. The SMILES string of the molecule is COC(=O)[C@@H]1CCCC2(CCCC2)[C@@H]1Nc1nc(Cl)ncc1F. The van der Waals surface area contributed by atoms with Gasteiger partial charge in [-0.1, -0.05) is 19.3 Å². The molecular weight excluding hydrogens is 321 g/mol. The smallest absolute Gasteiger partial charge is 0.310 e. The Morgan fingerprint density at radius 2 is 2.09 bits per heavy atom. The van der Waals surface area contributed by atoms with Gasteiger partial charge in [0.05, 0.1) is 19.2 Å². The Balaban J connectivity index is 1.94. The van der Waals surface area contributed by atoms with Gasteiger partial charge in [0.2, 0.25) is 5.28 Å². The van der Waals surface area contributed by atoms with Crippen LogP contribution >= 0.6 is 11.6 Å². The Hall–Kier alpha value is -1.43. The Morgan fingerprint density at radius 3 is 2.78 bits per heavy atom. The first-order valence-corrected chi connectivity index (χ1v) is 8.46. The standard InChI is InChI=1S/C16H21ClFN3O2/c1-23-14(22)10-5-4-8-16(6-2-3-7-16)12(10)20-13-11(18)9-19-15(17)21-13/h9-10,12H,2-8H2,1H3,(H,19,20,21)/t10-,12-/m1/s1. The van der Waals surface area contributed by atoms with Gasteiger partial charge in [0, 0.05) is 6.04 Å². The van der Waals surface area contributed by atoms with E-state index < -0.39 is 5.82 Å². The van der Waals surface area contributed by atoms with Crippen molar-refractivity contribution in [2.45, 2.75) is 51.0 Å². The van der Waals surface area contributed by atoms with Gasteiger partial charge in [-0.2, -0.15) is 4.98 Å². The lowest BCUT2D eigenvalue weighted by molar-refractivity contribution is -0.148. The van der Waals surface area contributed by atoms with Gasteiger partial charge in [0.1, 0.15) is 0 Å². The van der Waals surface area contributed by atoms with Crippen molar-refractivity contribution in [2.75, 3.05) is 12.4 Å². The number of anilines is 1. The maximum atomic E-state index is 14.0. The molecule has 2 saturated carbocycles. The minimum atomic E-state index is -0.559. The molecule has 0 aliphatic heterocycles. The lowest BCUT2D eigenvalue weighted by atomic mass is 9.64. The average Bonchev–Trinajstić information content (AvgIpc) is 3.01. The molecule has 5 nitrogen and oxygen atoms in total. The van der Waals surface area contributed by atoms with E-state index in [0.717, 1.165) is 51.1 Å². The number of hydrogen-bond donors (Lipinski definition) is 1. The van der Waals surface area contributed by atoms with Crippen LogP contribution in [0.2, 0.25) is 5.28 Å². The van der Waals surface area contributed by atoms with Gasteiger partial charge in [-0.05, 0) is 42.7 Å². The molecule has 1 heterocycles. The van der Waals surface area contributed by atoms with Crippen LogP contribution < -0.4 is 5.32 Å². The van der Waals surface area contributed by atoms with E-state index in [1.807, 2.05) is 0 Å². The van der Waals surface area contributed by atoms with Crippen LogP contribution in [0.15, 0.2) is 6.20 Å². The highest BCUT2D eigenvalue weighted by atomic mass is 35.5. The molecule has 1 aromatic rings. The summed E-state index contributed by atoms with van der Waals surface area (Å²) in [4.78, 5) is 19.8. The summed E-state index contributed by atoms with van der Waals surface area (Å²) < 4.78 is 19.0. The van der Waals surface area contributed by atoms with Crippen molar-refractivity contribution < 1.29 is 13.9 Å². The van der Waals surface area contributed by atoms with Gasteiger partial charge < -0.3 is 10.1 Å². The molecule has 1 spiro atoms. The summed E-state index contributed by atoms with van der Waals surface area (Å²) in [5, 5.41) is 3.16. The molecule has 126 valence electrons. The second-order valence-electron chi connectivity index (χ2n) is 6.55. The number of esters is 1. The molecule has 2 aliphatic rings. The highest BCUT2D eigenvalue weighted by Crippen LogP contribution is 2.52. The van der Waals surface area contributed by atoms with Crippen molar-refractivity contribution in [3.8, 4) is 0 Å². The lowest BCUT2D eigenvalue weighted by Gasteiger charge is -2.45. The summed E-state index contributed by atoms with van der Waals surface area (Å²) in [6.45, 7) is 0. The fourth-order valence-corrected chi connectivity index (χ4v) is 4.45. The van der Waals surface area contributed by atoms with Gasteiger partial charge in [-0.3, -0.25) is 4.79 Å². The highest BCUT2D eigenvalue weighted by molar-refractivity contribution is 6.28. The zero-order valence-corrected chi connectivity index (χ0v) is 13.9. The molecule has 1 aromatic heterocycles. The second kappa shape index (κ2) is 6.59. The summed E-state index contributed by atoms with van der Waals surface area (Å²) >= 11 is 5.79. The van der Waals surface area contributed by atoms with Gasteiger partial charge >= 0.3 is 5.97 Å². The van der Waals surface area contributed by atoms with Crippen molar-refractivity contribution in [3.05, 3.63) is 17.3 Å². The Bertz CT molecular complexity index is 593. The van der Waals surface area contributed by atoms with E-state index in [4.69, 9.17) is 16.3 Å². The number of hydrogen-bond acceptors (Lipinski definition) is 5. The predicted molar refractivity (Wildman–Crippen MR) is 84.7 cm³/mol. The number of rotatable bonds is 3. The van der Waals surface area contributed by atoms with Crippen molar-refractivity contribution in [3.63, 3.8) is 0 Å². The monoisotopic (exact) mass is 341 g/mol. The molecule has 2 fully saturated rings. The largest absolute Gasteiger partial charge is 0.469 e. The summed E-state index contributed by atoms with van der Waals surface area (Å²) in [5.41, 5.74) is 0.000965. The molecule has 0 saturated heterocycles. The molecule has 1 N–H and O–H groups in total.